The number of rotatable bonds is 6. The summed E-state index contributed by atoms with van der Waals surface area (Å²) < 4.78 is 5.69. The standard InChI is InChI=1S/C24H17NO7S/c1-13-2-4-14(5-3-13)12-25-21(26)20(33-24(25)31)11-18-6-7-19(32-18)15-8-16(22(27)28)10-17(9-15)23(29)30/h2-11H,12H2,1H3,(H,27,28)(H,29,30)/b20-11+. The van der Waals surface area contributed by atoms with Crippen LogP contribution in [-0.2, 0) is 11.3 Å². The molecule has 1 aliphatic rings. The molecule has 0 spiro atoms. The van der Waals surface area contributed by atoms with E-state index in [9.17, 15) is 29.4 Å². The molecule has 9 heteroatoms. The Morgan fingerprint density at radius 3 is 2.21 bits per heavy atom. The van der Waals surface area contributed by atoms with Gasteiger partial charge in [0.25, 0.3) is 11.1 Å². The van der Waals surface area contributed by atoms with E-state index in [1.54, 1.807) is 6.07 Å². The second kappa shape index (κ2) is 8.79. The largest absolute Gasteiger partial charge is 0.478 e. The molecule has 0 bridgehead atoms. The number of aromatic carboxylic acids is 2. The van der Waals surface area contributed by atoms with E-state index >= 15 is 0 Å². The number of carboxylic acid groups (broad SMARTS) is 2. The lowest BCUT2D eigenvalue weighted by atomic mass is 10.0. The molecule has 4 rings (SSSR count). The molecule has 1 fully saturated rings. The molecule has 1 saturated heterocycles. The minimum Gasteiger partial charge on any atom is -0.478 e. The number of carbonyl (C=O) groups excluding carboxylic acids is 2. The predicted octanol–water partition coefficient (Wildman–Crippen LogP) is 4.89. The van der Waals surface area contributed by atoms with Gasteiger partial charge in [0.05, 0.1) is 22.6 Å². The van der Waals surface area contributed by atoms with E-state index in [0.29, 0.717) is 0 Å². The number of aryl methyl sites for hydroxylation is 1. The molecule has 0 saturated carbocycles. The minimum atomic E-state index is -1.27. The Bertz CT molecular complexity index is 1290. The zero-order valence-electron chi connectivity index (χ0n) is 17.3. The fraction of sp³-hybridized carbons (Fsp3) is 0.0833. The number of amides is 2. The predicted molar refractivity (Wildman–Crippen MR) is 121 cm³/mol. The minimum absolute atomic E-state index is 0.158. The Hall–Kier alpha value is -4.11. The third kappa shape index (κ3) is 4.73. The number of benzene rings is 2. The molecule has 8 nitrogen and oxygen atoms in total. The fourth-order valence-electron chi connectivity index (χ4n) is 3.24. The van der Waals surface area contributed by atoms with Crippen LogP contribution in [0.25, 0.3) is 17.4 Å². The summed E-state index contributed by atoms with van der Waals surface area (Å²) >= 11 is 0.800. The van der Waals surface area contributed by atoms with Gasteiger partial charge in [-0.3, -0.25) is 14.5 Å². The van der Waals surface area contributed by atoms with Crippen molar-refractivity contribution >= 4 is 40.9 Å². The Labute approximate surface area is 192 Å². The van der Waals surface area contributed by atoms with Crippen LogP contribution in [0.1, 0.15) is 37.6 Å². The quantitative estimate of drug-likeness (QED) is 0.495. The number of hydrogen-bond donors (Lipinski definition) is 2. The molecule has 2 aromatic carbocycles. The number of nitrogens with zero attached hydrogens (tertiary/aromatic N) is 1. The molecule has 1 aliphatic heterocycles. The fourth-order valence-corrected chi connectivity index (χ4v) is 4.06. The molecule has 0 radical (unpaired) electrons. The second-order valence-electron chi connectivity index (χ2n) is 7.36. The van der Waals surface area contributed by atoms with Crippen molar-refractivity contribution in [3.8, 4) is 11.3 Å². The molecule has 2 N–H and O–H groups in total. The van der Waals surface area contributed by atoms with Gasteiger partial charge in [-0.05, 0) is 54.6 Å². The van der Waals surface area contributed by atoms with Crippen molar-refractivity contribution in [1.29, 1.82) is 0 Å². The van der Waals surface area contributed by atoms with Crippen molar-refractivity contribution in [2.75, 3.05) is 0 Å². The SMILES string of the molecule is Cc1ccc(CN2C(=O)S/C(=C/c3ccc(-c4cc(C(=O)O)cc(C(=O)O)c4)o3)C2=O)cc1. The Kier molecular flexibility index (Phi) is 5.89. The van der Waals surface area contributed by atoms with Gasteiger partial charge in [0, 0.05) is 11.6 Å². The number of carboxylic acids is 2. The summed E-state index contributed by atoms with van der Waals surface area (Å²) in [4.78, 5) is 49.1. The first-order valence-electron chi connectivity index (χ1n) is 9.74. The van der Waals surface area contributed by atoms with Gasteiger partial charge in [0.1, 0.15) is 11.5 Å². The van der Waals surface area contributed by atoms with Crippen LogP contribution in [0.15, 0.2) is 63.9 Å². The summed E-state index contributed by atoms with van der Waals surface area (Å²) in [6, 6.07) is 14.3. The van der Waals surface area contributed by atoms with Crippen LogP contribution in [-0.4, -0.2) is 38.2 Å². The lowest BCUT2D eigenvalue weighted by molar-refractivity contribution is -0.123. The van der Waals surface area contributed by atoms with Gasteiger partial charge in [-0.2, -0.15) is 0 Å². The summed E-state index contributed by atoms with van der Waals surface area (Å²) in [7, 11) is 0. The Morgan fingerprint density at radius 1 is 0.970 bits per heavy atom. The van der Waals surface area contributed by atoms with Gasteiger partial charge in [0.2, 0.25) is 0 Å². The zero-order chi connectivity index (χ0) is 23.7. The molecule has 2 heterocycles. The van der Waals surface area contributed by atoms with Crippen LogP contribution >= 0.6 is 11.8 Å². The van der Waals surface area contributed by atoms with Gasteiger partial charge >= 0.3 is 11.9 Å². The number of imide groups is 1. The van der Waals surface area contributed by atoms with Crippen LogP contribution in [0.3, 0.4) is 0 Å². The highest BCUT2D eigenvalue weighted by Crippen LogP contribution is 2.34. The monoisotopic (exact) mass is 463 g/mol. The van der Waals surface area contributed by atoms with Gasteiger partial charge in [0.15, 0.2) is 0 Å². The number of thioether (sulfide) groups is 1. The Morgan fingerprint density at radius 2 is 1.61 bits per heavy atom. The lowest BCUT2D eigenvalue weighted by Crippen LogP contribution is -2.27. The van der Waals surface area contributed by atoms with Crippen LogP contribution < -0.4 is 0 Å². The summed E-state index contributed by atoms with van der Waals surface area (Å²) in [5.74, 6) is -2.49. The molecule has 1 aromatic heterocycles. The number of hydrogen-bond acceptors (Lipinski definition) is 6. The van der Waals surface area contributed by atoms with Crippen LogP contribution in [0.4, 0.5) is 4.79 Å². The van der Waals surface area contributed by atoms with Crippen LogP contribution in [0, 0.1) is 6.92 Å². The second-order valence-corrected chi connectivity index (χ2v) is 8.36. The van der Waals surface area contributed by atoms with Crippen molar-refractivity contribution in [1.82, 2.24) is 4.90 Å². The lowest BCUT2D eigenvalue weighted by Gasteiger charge is -2.12. The van der Waals surface area contributed by atoms with Gasteiger partial charge in [-0.15, -0.1) is 0 Å². The maximum absolute atomic E-state index is 12.8. The summed E-state index contributed by atoms with van der Waals surface area (Å²) in [6.45, 7) is 2.11. The topological polar surface area (TPSA) is 125 Å². The smallest absolute Gasteiger partial charge is 0.335 e. The highest BCUT2D eigenvalue weighted by molar-refractivity contribution is 8.18. The number of carbonyl (C=O) groups is 4. The van der Waals surface area contributed by atoms with Crippen molar-refractivity contribution in [3.63, 3.8) is 0 Å². The van der Waals surface area contributed by atoms with E-state index in [1.807, 2.05) is 31.2 Å². The zero-order valence-corrected chi connectivity index (χ0v) is 18.1. The maximum atomic E-state index is 12.8. The first kappa shape index (κ1) is 22.1. The van der Waals surface area contributed by atoms with E-state index < -0.39 is 17.8 Å². The molecule has 2 amide bonds. The van der Waals surface area contributed by atoms with E-state index in [0.717, 1.165) is 33.9 Å². The number of furan rings is 1. The third-order valence-electron chi connectivity index (χ3n) is 4.95. The molecule has 3 aromatic rings. The Balaban J connectivity index is 1.58. The molecule has 0 atom stereocenters. The first-order chi connectivity index (χ1) is 15.7. The van der Waals surface area contributed by atoms with Gasteiger partial charge < -0.3 is 14.6 Å². The summed E-state index contributed by atoms with van der Waals surface area (Å²) in [5.41, 5.74) is 1.78. The molecular formula is C24H17NO7S. The van der Waals surface area contributed by atoms with Crippen molar-refractivity contribution < 1.29 is 33.8 Å². The van der Waals surface area contributed by atoms with E-state index in [1.165, 1.54) is 24.3 Å². The van der Waals surface area contributed by atoms with Crippen LogP contribution in [0.5, 0.6) is 0 Å². The van der Waals surface area contributed by atoms with Gasteiger partial charge in [-0.1, -0.05) is 29.8 Å². The molecule has 0 unspecified atom stereocenters. The normalized spacial score (nSPS) is 14.8. The summed E-state index contributed by atoms with van der Waals surface area (Å²) in [5, 5.41) is 18.1. The van der Waals surface area contributed by atoms with E-state index in [2.05, 4.69) is 0 Å². The van der Waals surface area contributed by atoms with Crippen molar-refractivity contribution in [2.24, 2.45) is 0 Å². The van der Waals surface area contributed by atoms with E-state index in [-0.39, 0.29) is 44.9 Å². The van der Waals surface area contributed by atoms with Gasteiger partial charge in [-0.25, -0.2) is 9.59 Å². The van der Waals surface area contributed by atoms with Crippen molar-refractivity contribution in [3.05, 3.63) is 87.5 Å². The molecular weight excluding hydrogens is 446 g/mol. The highest BCUT2D eigenvalue weighted by atomic mass is 32.2. The highest BCUT2D eigenvalue weighted by Gasteiger charge is 2.35. The first-order valence-corrected chi connectivity index (χ1v) is 10.6. The third-order valence-corrected chi connectivity index (χ3v) is 5.85. The molecule has 33 heavy (non-hydrogen) atoms. The van der Waals surface area contributed by atoms with Crippen LogP contribution in [0.2, 0.25) is 0 Å². The molecule has 166 valence electrons. The average molecular weight is 463 g/mol. The maximum Gasteiger partial charge on any atom is 0.335 e. The van der Waals surface area contributed by atoms with E-state index in [4.69, 9.17) is 4.42 Å². The average Bonchev–Trinajstić information content (AvgIpc) is 3.35. The van der Waals surface area contributed by atoms with Crippen molar-refractivity contribution in [2.45, 2.75) is 13.5 Å². The summed E-state index contributed by atoms with van der Waals surface area (Å²) in [6.07, 6.45) is 1.43. The molecule has 0 aliphatic carbocycles.